The number of hydrogen-bond donors (Lipinski definition) is 0. The molecule has 0 radical (unpaired) electrons. The highest BCUT2D eigenvalue weighted by atomic mass is 16.5. The molecule has 1 aliphatic heterocycles. The van der Waals surface area contributed by atoms with Crippen LogP contribution in [0.1, 0.15) is 27.9 Å². The van der Waals surface area contributed by atoms with Gasteiger partial charge in [-0.05, 0) is 42.2 Å². The maximum atomic E-state index is 13.2. The smallest absolute Gasteiger partial charge is 0.262 e. The molecule has 1 amide bonds. The van der Waals surface area contributed by atoms with Gasteiger partial charge in [-0.3, -0.25) is 4.79 Å². The maximum Gasteiger partial charge on any atom is 0.262 e. The lowest BCUT2D eigenvalue weighted by Gasteiger charge is -2.30. The molecule has 1 aliphatic rings. The lowest BCUT2D eigenvalue weighted by molar-refractivity contribution is 0.0980. The normalized spacial score (nSPS) is 13.2. The number of anilines is 1. The van der Waals surface area contributed by atoms with E-state index in [1.54, 1.807) is 0 Å². The number of carbonyl (C=O) groups is 1. The van der Waals surface area contributed by atoms with Crippen LogP contribution in [0.15, 0.2) is 78.9 Å². The monoisotopic (exact) mass is 343 g/mol. The van der Waals surface area contributed by atoms with Gasteiger partial charge in [-0.15, -0.1) is 0 Å². The van der Waals surface area contributed by atoms with Gasteiger partial charge < -0.3 is 9.64 Å². The zero-order valence-electron chi connectivity index (χ0n) is 14.6. The van der Waals surface area contributed by atoms with Crippen LogP contribution in [0.25, 0.3) is 0 Å². The number of hydrogen-bond acceptors (Lipinski definition) is 2. The van der Waals surface area contributed by atoms with E-state index in [0.717, 1.165) is 30.6 Å². The van der Waals surface area contributed by atoms with E-state index in [4.69, 9.17) is 4.74 Å². The van der Waals surface area contributed by atoms with Crippen LogP contribution in [-0.4, -0.2) is 12.5 Å². The molecule has 0 aliphatic carbocycles. The number of para-hydroxylation sites is 2. The first kappa shape index (κ1) is 16.4. The average Bonchev–Trinajstić information content (AvgIpc) is 2.72. The van der Waals surface area contributed by atoms with Crippen molar-refractivity contribution in [3.63, 3.8) is 0 Å². The summed E-state index contributed by atoms with van der Waals surface area (Å²) in [6.45, 7) is 1.19. The van der Waals surface area contributed by atoms with E-state index in [0.29, 0.717) is 17.9 Å². The summed E-state index contributed by atoms with van der Waals surface area (Å²) in [4.78, 5) is 15.1. The number of ether oxygens (including phenoxy) is 1. The van der Waals surface area contributed by atoms with Crippen molar-refractivity contribution in [1.82, 2.24) is 0 Å². The van der Waals surface area contributed by atoms with Crippen LogP contribution in [0.5, 0.6) is 5.75 Å². The summed E-state index contributed by atoms with van der Waals surface area (Å²) in [6.07, 6.45) is 2.00. The molecule has 4 rings (SSSR count). The van der Waals surface area contributed by atoms with Gasteiger partial charge in [0.25, 0.3) is 5.91 Å². The fourth-order valence-electron chi connectivity index (χ4n) is 3.39. The van der Waals surface area contributed by atoms with Gasteiger partial charge in [0.1, 0.15) is 12.4 Å². The first-order valence-corrected chi connectivity index (χ1v) is 8.98. The fourth-order valence-corrected chi connectivity index (χ4v) is 3.39. The quantitative estimate of drug-likeness (QED) is 0.677. The van der Waals surface area contributed by atoms with Crippen LogP contribution < -0.4 is 9.64 Å². The first-order valence-electron chi connectivity index (χ1n) is 8.98. The number of amides is 1. The Morgan fingerprint density at radius 3 is 2.50 bits per heavy atom. The van der Waals surface area contributed by atoms with Crippen molar-refractivity contribution in [3.8, 4) is 5.75 Å². The highest BCUT2D eigenvalue weighted by Gasteiger charge is 2.25. The number of aryl methyl sites for hydroxylation is 1. The van der Waals surface area contributed by atoms with Gasteiger partial charge >= 0.3 is 0 Å². The van der Waals surface area contributed by atoms with Crippen molar-refractivity contribution in [2.24, 2.45) is 0 Å². The van der Waals surface area contributed by atoms with Crippen molar-refractivity contribution in [2.75, 3.05) is 11.4 Å². The predicted octanol–water partition coefficient (Wildman–Crippen LogP) is 4.86. The molecule has 0 unspecified atom stereocenters. The molecule has 0 aromatic heterocycles. The molecule has 3 heteroatoms. The highest BCUT2D eigenvalue weighted by molar-refractivity contribution is 6.08. The van der Waals surface area contributed by atoms with Gasteiger partial charge in [0.2, 0.25) is 0 Å². The van der Waals surface area contributed by atoms with Crippen LogP contribution in [0.3, 0.4) is 0 Å². The Morgan fingerprint density at radius 1 is 0.885 bits per heavy atom. The van der Waals surface area contributed by atoms with Gasteiger partial charge in [-0.1, -0.05) is 60.7 Å². The molecular formula is C23H21NO2. The third kappa shape index (κ3) is 3.33. The lowest BCUT2D eigenvalue weighted by Crippen LogP contribution is -2.35. The number of fused-ring (bicyclic) bond motifs is 1. The minimum absolute atomic E-state index is 0.000752. The van der Waals surface area contributed by atoms with Gasteiger partial charge in [0.05, 0.1) is 5.56 Å². The molecule has 0 atom stereocenters. The van der Waals surface area contributed by atoms with Crippen LogP contribution >= 0.6 is 0 Å². The molecule has 0 saturated heterocycles. The van der Waals surface area contributed by atoms with Crippen LogP contribution in [0, 0.1) is 0 Å². The van der Waals surface area contributed by atoms with E-state index < -0.39 is 0 Å². The minimum Gasteiger partial charge on any atom is -0.488 e. The number of carbonyl (C=O) groups excluding carboxylic acids is 1. The van der Waals surface area contributed by atoms with Crippen molar-refractivity contribution in [2.45, 2.75) is 19.4 Å². The van der Waals surface area contributed by atoms with E-state index in [1.165, 1.54) is 5.56 Å². The summed E-state index contributed by atoms with van der Waals surface area (Å²) in [5.74, 6) is 0.630. The van der Waals surface area contributed by atoms with E-state index in [-0.39, 0.29) is 5.91 Å². The first-order chi connectivity index (χ1) is 12.8. The molecule has 1 heterocycles. The maximum absolute atomic E-state index is 13.2. The Labute approximate surface area is 153 Å². The third-order valence-corrected chi connectivity index (χ3v) is 4.71. The topological polar surface area (TPSA) is 29.5 Å². The molecule has 0 N–H and O–H groups in total. The third-order valence-electron chi connectivity index (χ3n) is 4.71. The highest BCUT2D eigenvalue weighted by Crippen LogP contribution is 2.30. The Kier molecular flexibility index (Phi) is 4.69. The molecule has 0 fully saturated rings. The standard InChI is InChI=1S/C23H21NO2/c25-23(24-16-8-12-19-11-4-6-14-21(19)24)20-13-5-7-15-22(20)26-17-18-9-2-1-3-10-18/h1-7,9-11,13-15H,8,12,16-17H2. The zero-order chi connectivity index (χ0) is 17.8. The fraction of sp³-hybridized carbons (Fsp3) is 0.174. The van der Waals surface area contributed by atoms with Gasteiger partial charge in [-0.2, -0.15) is 0 Å². The van der Waals surface area contributed by atoms with Crippen LogP contribution in [0.2, 0.25) is 0 Å². The van der Waals surface area contributed by atoms with Crippen molar-refractivity contribution >= 4 is 11.6 Å². The van der Waals surface area contributed by atoms with E-state index in [1.807, 2.05) is 77.7 Å². The van der Waals surface area contributed by atoms with Crippen LogP contribution in [-0.2, 0) is 13.0 Å². The summed E-state index contributed by atoms with van der Waals surface area (Å²) in [7, 11) is 0. The Bertz CT molecular complexity index is 905. The predicted molar refractivity (Wildman–Crippen MR) is 104 cm³/mol. The summed E-state index contributed by atoms with van der Waals surface area (Å²) in [6, 6.07) is 25.6. The molecule has 3 aromatic rings. The lowest BCUT2D eigenvalue weighted by atomic mass is 10.0. The molecule has 26 heavy (non-hydrogen) atoms. The number of rotatable bonds is 4. The van der Waals surface area contributed by atoms with E-state index in [2.05, 4.69) is 6.07 Å². The average molecular weight is 343 g/mol. The summed E-state index contributed by atoms with van der Waals surface area (Å²) in [5.41, 5.74) is 3.94. The molecule has 3 aromatic carbocycles. The second-order valence-corrected chi connectivity index (χ2v) is 6.46. The second kappa shape index (κ2) is 7.44. The van der Waals surface area contributed by atoms with Crippen LogP contribution in [0.4, 0.5) is 5.69 Å². The molecular weight excluding hydrogens is 322 g/mol. The molecule has 130 valence electrons. The number of benzene rings is 3. The Hall–Kier alpha value is -3.07. The SMILES string of the molecule is O=C(c1ccccc1OCc1ccccc1)N1CCCc2ccccc21. The zero-order valence-corrected chi connectivity index (χ0v) is 14.6. The van der Waals surface area contributed by atoms with Gasteiger partial charge in [-0.25, -0.2) is 0 Å². The molecule has 0 saturated carbocycles. The van der Waals surface area contributed by atoms with E-state index >= 15 is 0 Å². The van der Waals surface area contributed by atoms with Gasteiger partial charge in [0.15, 0.2) is 0 Å². The Balaban J connectivity index is 1.59. The van der Waals surface area contributed by atoms with Gasteiger partial charge in [0, 0.05) is 12.2 Å². The summed E-state index contributed by atoms with van der Waals surface area (Å²) in [5, 5.41) is 0. The molecule has 0 spiro atoms. The second-order valence-electron chi connectivity index (χ2n) is 6.46. The molecule has 3 nitrogen and oxygen atoms in total. The van der Waals surface area contributed by atoms with Crippen molar-refractivity contribution < 1.29 is 9.53 Å². The summed E-state index contributed by atoms with van der Waals surface area (Å²) >= 11 is 0. The van der Waals surface area contributed by atoms with E-state index in [9.17, 15) is 4.79 Å². The summed E-state index contributed by atoms with van der Waals surface area (Å²) < 4.78 is 5.98. The van der Waals surface area contributed by atoms with Crippen molar-refractivity contribution in [1.29, 1.82) is 0 Å². The minimum atomic E-state index is 0.000752. The Morgan fingerprint density at radius 2 is 1.62 bits per heavy atom. The number of nitrogens with zero attached hydrogens (tertiary/aromatic N) is 1. The largest absolute Gasteiger partial charge is 0.488 e. The molecule has 0 bridgehead atoms. The van der Waals surface area contributed by atoms with Crippen molar-refractivity contribution in [3.05, 3.63) is 95.6 Å².